The highest BCUT2D eigenvalue weighted by Gasteiger charge is 2.23. The Labute approximate surface area is 133 Å². The quantitative estimate of drug-likeness (QED) is 0.735. The minimum absolute atomic E-state index is 0.0278. The fourth-order valence-corrected chi connectivity index (χ4v) is 2.61. The summed E-state index contributed by atoms with van der Waals surface area (Å²) in [6.07, 6.45) is 3.82. The Morgan fingerprint density at radius 1 is 1.24 bits per heavy atom. The largest absolute Gasteiger partial charge is 0.459 e. The molecule has 1 aliphatic rings. The third-order valence-electron chi connectivity index (χ3n) is 2.89. The van der Waals surface area contributed by atoms with Crippen molar-refractivity contribution in [2.75, 3.05) is 12.9 Å². The van der Waals surface area contributed by atoms with Crippen molar-refractivity contribution in [1.82, 2.24) is 0 Å². The maximum absolute atomic E-state index is 11.2. The van der Waals surface area contributed by atoms with E-state index in [-0.39, 0.29) is 12.5 Å². The normalized spacial score (nSPS) is 16.5. The molecule has 1 aliphatic heterocycles. The fourth-order valence-electron chi connectivity index (χ4n) is 1.89. The van der Waals surface area contributed by atoms with Crippen molar-refractivity contribution < 1.29 is 22.1 Å². The van der Waals surface area contributed by atoms with Crippen LogP contribution in [0.15, 0.2) is 30.7 Å². The molecule has 0 aliphatic carbocycles. The van der Waals surface area contributed by atoms with Crippen LogP contribution in [0.3, 0.4) is 0 Å². The number of rotatable bonds is 6. The average molecular weight is 353 g/mol. The van der Waals surface area contributed by atoms with E-state index in [1.54, 1.807) is 18.2 Å². The van der Waals surface area contributed by atoms with Crippen LogP contribution in [-0.2, 0) is 23.8 Å². The van der Waals surface area contributed by atoms with Gasteiger partial charge in [0, 0.05) is 12.3 Å². The lowest BCUT2D eigenvalue weighted by atomic mass is 9.96. The first kappa shape index (κ1) is 16.4. The molecule has 1 atom stereocenters. The van der Waals surface area contributed by atoms with Crippen LogP contribution in [0.4, 0.5) is 0 Å². The van der Waals surface area contributed by atoms with E-state index in [0.29, 0.717) is 16.5 Å². The van der Waals surface area contributed by atoms with Crippen molar-refractivity contribution in [2.45, 2.75) is 18.6 Å². The minimum atomic E-state index is -3.54. The van der Waals surface area contributed by atoms with Gasteiger partial charge in [0.15, 0.2) is 0 Å². The van der Waals surface area contributed by atoms with E-state index in [1.165, 1.54) is 12.5 Å². The summed E-state index contributed by atoms with van der Waals surface area (Å²) in [5.41, 5.74) is 0.798. The van der Waals surface area contributed by atoms with E-state index < -0.39 is 16.4 Å². The Hall–Kier alpha value is -0.950. The number of hydrogen-bond donors (Lipinski definition) is 0. The summed E-state index contributed by atoms with van der Waals surface area (Å²) in [6.45, 7) is -0.0278. The third-order valence-corrected chi connectivity index (χ3v) is 4.19. The average Bonchev–Trinajstić information content (AvgIpc) is 2.90. The van der Waals surface area contributed by atoms with Gasteiger partial charge in [-0.2, -0.15) is 8.42 Å². The van der Waals surface area contributed by atoms with E-state index in [4.69, 9.17) is 36.9 Å². The highest BCUT2D eigenvalue weighted by atomic mass is 35.5. The molecule has 0 N–H and O–H groups in total. The van der Waals surface area contributed by atoms with Gasteiger partial charge in [0.2, 0.25) is 6.29 Å². The zero-order chi connectivity index (χ0) is 15.5. The Balaban J connectivity index is 2.14. The predicted octanol–water partition coefficient (Wildman–Crippen LogP) is 3.29. The molecule has 116 valence electrons. The molecule has 0 aromatic heterocycles. The van der Waals surface area contributed by atoms with Crippen molar-refractivity contribution in [2.24, 2.45) is 0 Å². The van der Waals surface area contributed by atoms with Crippen LogP contribution < -0.4 is 0 Å². The molecule has 1 heterocycles. The zero-order valence-corrected chi connectivity index (χ0v) is 13.5. The van der Waals surface area contributed by atoms with E-state index in [9.17, 15) is 8.42 Å². The smallest absolute Gasteiger partial charge is 0.264 e. The molecule has 0 radical (unpaired) electrons. The number of halogens is 2. The molecule has 1 aromatic carbocycles. The minimum Gasteiger partial charge on any atom is -0.459 e. The van der Waals surface area contributed by atoms with Crippen molar-refractivity contribution in [1.29, 1.82) is 0 Å². The van der Waals surface area contributed by atoms with Gasteiger partial charge in [-0.25, -0.2) is 0 Å². The van der Waals surface area contributed by atoms with Gasteiger partial charge in [0.05, 0.1) is 22.9 Å². The monoisotopic (exact) mass is 352 g/mol. The molecule has 2 rings (SSSR count). The summed E-state index contributed by atoms with van der Waals surface area (Å²) in [4.78, 5) is 0. The number of hydrogen-bond acceptors (Lipinski definition) is 5. The zero-order valence-electron chi connectivity index (χ0n) is 11.2. The molecule has 5 nitrogen and oxygen atoms in total. The molecule has 0 fully saturated rings. The van der Waals surface area contributed by atoms with Crippen LogP contribution in [0.5, 0.6) is 0 Å². The van der Waals surface area contributed by atoms with Crippen LogP contribution >= 0.6 is 23.2 Å². The molecule has 8 heteroatoms. The van der Waals surface area contributed by atoms with E-state index in [0.717, 1.165) is 11.8 Å². The summed E-state index contributed by atoms with van der Waals surface area (Å²) in [6, 6.07) is 5.11. The van der Waals surface area contributed by atoms with Gasteiger partial charge in [-0.1, -0.05) is 29.3 Å². The number of ether oxygens (including phenoxy) is 2. The summed E-state index contributed by atoms with van der Waals surface area (Å²) < 4.78 is 37.7. The van der Waals surface area contributed by atoms with E-state index in [1.807, 2.05) is 0 Å². The first-order valence-corrected chi connectivity index (χ1v) is 8.67. The second kappa shape index (κ2) is 6.87. The predicted molar refractivity (Wildman–Crippen MR) is 79.7 cm³/mol. The molecular formula is C13H14Cl2O5S. The van der Waals surface area contributed by atoms with Gasteiger partial charge in [-0.05, 0) is 17.7 Å². The lowest BCUT2D eigenvalue weighted by Gasteiger charge is -2.20. The standard InChI is InChI=1S/C13H14Cl2O5S/c1-21(16,17)20-8-10(7-13-18-4-5-19-13)9-2-3-11(14)12(15)6-9/h2-6,10,13H,7-8H2,1H3. The highest BCUT2D eigenvalue weighted by molar-refractivity contribution is 7.85. The second-order valence-corrected chi connectivity index (χ2v) is 7.03. The van der Waals surface area contributed by atoms with E-state index >= 15 is 0 Å². The summed E-state index contributed by atoms with van der Waals surface area (Å²) >= 11 is 11.9. The molecule has 0 amide bonds. The second-order valence-electron chi connectivity index (χ2n) is 4.57. The van der Waals surface area contributed by atoms with Crippen molar-refractivity contribution in [3.05, 3.63) is 46.3 Å². The van der Waals surface area contributed by atoms with Crippen LogP contribution in [0.1, 0.15) is 17.9 Å². The van der Waals surface area contributed by atoms with Gasteiger partial charge >= 0.3 is 0 Å². The van der Waals surface area contributed by atoms with Gasteiger partial charge in [0.1, 0.15) is 12.5 Å². The lowest BCUT2D eigenvalue weighted by Crippen LogP contribution is -2.19. The molecule has 21 heavy (non-hydrogen) atoms. The molecule has 0 bridgehead atoms. The Kier molecular flexibility index (Phi) is 5.37. The molecule has 0 saturated heterocycles. The molecule has 0 saturated carbocycles. The van der Waals surface area contributed by atoms with Crippen LogP contribution in [0.2, 0.25) is 10.0 Å². The fraction of sp³-hybridized carbons (Fsp3) is 0.385. The van der Waals surface area contributed by atoms with Crippen molar-refractivity contribution in [3.63, 3.8) is 0 Å². The third kappa shape index (κ3) is 5.07. The van der Waals surface area contributed by atoms with Crippen LogP contribution in [0, 0.1) is 0 Å². The SMILES string of the molecule is CS(=O)(=O)OCC(CC1OC=CO1)c1ccc(Cl)c(Cl)c1. The van der Waals surface area contributed by atoms with Gasteiger partial charge in [0.25, 0.3) is 10.1 Å². The lowest BCUT2D eigenvalue weighted by molar-refractivity contribution is -0.0353. The van der Waals surface area contributed by atoms with E-state index in [2.05, 4.69) is 0 Å². The maximum atomic E-state index is 11.2. The molecule has 1 aromatic rings. The highest BCUT2D eigenvalue weighted by Crippen LogP contribution is 2.30. The summed E-state index contributed by atoms with van der Waals surface area (Å²) in [7, 11) is -3.54. The Bertz CT molecular complexity index is 621. The van der Waals surface area contributed by atoms with Gasteiger partial charge in [-0.3, -0.25) is 4.18 Å². The first-order chi connectivity index (χ1) is 9.85. The topological polar surface area (TPSA) is 61.8 Å². The van der Waals surface area contributed by atoms with Crippen molar-refractivity contribution in [3.8, 4) is 0 Å². The molecular weight excluding hydrogens is 339 g/mol. The van der Waals surface area contributed by atoms with Gasteiger partial charge in [-0.15, -0.1) is 0 Å². The van der Waals surface area contributed by atoms with Gasteiger partial charge < -0.3 is 9.47 Å². The molecule has 0 spiro atoms. The van der Waals surface area contributed by atoms with Crippen LogP contribution in [-0.4, -0.2) is 27.6 Å². The summed E-state index contributed by atoms with van der Waals surface area (Å²) in [5.74, 6) is -0.264. The first-order valence-electron chi connectivity index (χ1n) is 6.10. The Morgan fingerprint density at radius 3 is 2.48 bits per heavy atom. The summed E-state index contributed by atoms with van der Waals surface area (Å²) in [5, 5.41) is 0.822. The van der Waals surface area contributed by atoms with Crippen molar-refractivity contribution >= 4 is 33.3 Å². The molecule has 1 unspecified atom stereocenters. The Morgan fingerprint density at radius 2 is 1.90 bits per heavy atom. The van der Waals surface area contributed by atoms with Crippen LogP contribution in [0.25, 0.3) is 0 Å². The maximum Gasteiger partial charge on any atom is 0.264 e. The number of benzene rings is 1.